The summed E-state index contributed by atoms with van der Waals surface area (Å²) in [6, 6.07) is 0. The van der Waals surface area contributed by atoms with Crippen molar-refractivity contribution < 1.29 is 9.32 Å². The first-order valence-corrected chi connectivity index (χ1v) is 4.92. The normalized spacial score (nSPS) is 15.5. The van der Waals surface area contributed by atoms with Gasteiger partial charge < -0.3 is 9.84 Å². The minimum atomic E-state index is 0.133. The average molecular weight is 194 g/mol. The summed E-state index contributed by atoms with van der Waals surface area (Å²) in [5.74, 6) is 1.54. The zero-order valence-electron chi connectivity index (χ0n) is 8.25. The Labute approximate surface area is 82.7 Å². The van der Waals surface area contributed by atoms with Gasteiger partial charge >= 0.3 is 0 Å². The number of carbonyl (C=O) groups excluding carboxylic acids is 1. The molecule has 0 unspecified atom stereocenters. The highest BCUT2D eigenvalue weighted by Crippen LogP contribution is 2.32. The number of hydrogen-bond donors (Lipinski definition) is 1. The van der Waals surface area contributed by atoms with Crippen LogP contribution in [0.15, 0.2) is 10.7 Å². The molecule has 1 N–H and O–H groups in total. The van der Waals surface area contributed by atoms with Crippen molar-refractivity contribution in [3.05, 3.63) is 17.5 Å². The van der Waals surface area contributed by atoms with Gasteiger partial charge in [0.15, 0.2) is 0 Å². The second-order valence-electron chi connectivity index (χ2n) is 3.83. The van der Waals surface area contributed by atoms with Crippen molar-refractivity contribution in [1.82, 2.24) is 10.5 Å². The van der Waals surface area contributed by atoms with Crippen molar-refractivity contribution in [3.8, 4) is 0 Å². The molecule has 1 aliphatic carbocycles. The van der Waals surface area contributed by atoms with Crippen LogP contribution in [0.4, 0.5) is 0 Å². The average Bonchev–Trinajstić information content (AvgIpc) is 2.86. The van der Waals surface area contributed by atoms with Crippen LogP contribution in [0.2, 0.25) is 0 Å². The highest BCUT2D eigenvalue weighted by atomic mass is 16.5. The highest BCUT2D eigenvalue weighted by Gasteiger charge is 2.24. The molecule has 1 amide bonds. The minimum Gasteiger partial charge on any atom is -0.361 e. The number of carbonyl (C=O) groups is 1. The van der Waals surface area contributed by atoms with Gasteiger partial charge in [-0.25, -0.2) is 0 Å². The van der Waals surface area contributed by atoms with Crippen LogP contribution < -0.4 is 5.32 Å². The van der Waals surface area contributed by atoms with Crippen LogP contribution in [0.25, 0.3) is 0 Å². The van der Waals surface area contributed by atoms with Gasteiger partial charge in [-0.1, -0.05) is 5.16 Å². The zero-order valence-corrected chi connectivity index (χ0v) is 8.25. The number of nitrogens with one attached hydrogen (secondary N) is 1. The van der Waals surface area contributed by atoms with Gasteiger partial charge in [0, 0.05) is 18.5 Å². The molecule has 14 heavy (non-hydrogen) atoms. The third-order valence-corrected chi connectivity index (χ3v) is 2.50. The van der Waals surface area contributed by atoms with Crippen molar-refractivity contribution in [3.63, 3.8) is 0 Å². The maximum Gasteiger partial charge on any atom is 0.220 e. The van der Waals surface area contributed by atoms with Crippen LogP contribution in [0.3, 0.4) is 0 Å². The lowest BCUT2D eigenvalue weighted by atomic mass is 10.2. The molecule has 76 valence electrons. The SMILES string of the molecule is Cc1oncc1CNC(=O)CC1CC1. The maximum absolute atomic E-state index is 11.3. The van der Waals surface area contributed by atoms with Crippen LogP contribution in [0.1, 0.15) is 30.6 Å². The van der Waals surface area contributed by atoms with Gasteiger partial charge in [-0.05, 0) is 25.7 Å². The molecular weight excluding hydrogens is 180 g/mol. The van der Waals surface area contributed by atoms with E-state index >= 15 is 0 Å². The lowest BCUT2D eigenvalue weighted by Crippen LogP contribution is -2.22. The molecular formula is C10H14N2O2. The molecule has 1 heterocycles. The summed E-state index contributed by atoms with van der Waals surface area (Å²) < 4.78 is 4.89. The molecule has 1 saturated carbocycles. The van der Waals surface area contributed by atoms with Gasteiger partial charge in [0.05, 0.1) is 6.20 Å². The fourth-order valence-corrected chi connectivity index (χ4v) is 1.34. The van der Waals surface area contributed by atoms with E-state index in [2.05, 4.69) is 10.5 Å². The molecule has 0 atom stereocenters. The third-order valence-electron chi connectivity index (χ3n) is 2.50. The van der Waals surface area contributed by atoms with Crippen molar-refractivity contribution in [1.29, 1.82) is 0 Å². The third kappa shape index (κ3) is 2.34. The van der Waals surface area contributed by atoms with E-state index in [-0.39, 0.29) is 5.91 Å². The van der Waals surface area contributed by atoms with Gasteiger partial charge in [-0.2, -0.15) is 0 Å². The van der Waals surface area contributed by atoms with E-state index in [1.807, 2.05) is 6.92 Å². The topological polar surface area (TPSA) is 55.1 Å². The van der Waals surface area contributed by atoms with E-state index in [1.165, 1.54) is 12.8 Å². The molecule has 1 aliphatic rings. The van der Waals surface area contributed by atoms with Crippen LogP contribution >= 0.6 is 0 Å². The summed E-state index contributed by atoms with van der Waals surface area (Å²) in [7, 11) is 0. The standard InChI is InChI=1S/C10H14N2O2/c1-7-9(6-12-14-7)5-11-10(13)4-8-2-3-8/h6,8H,2-5H2,1H3,(H,11,13). The Bertz CT molecular complexity index is 329. The molecule has 1 aromatic rings. The minimum absolute atomic E-state index is 0.133. The predicted molar refractivity (Wildman–Crippen MR) is 50.4 cm³/mol. The fourth-order valence-electron chi connectivity index (χ4n) is 1.34. The second-order valence-corrected chi connectivity index (χ2v) is 3.83. The lowest BCUT2D eigenvalue weighted by molar-refractivity contribution is -0.121. The van der Waals surface area contributed by atoms with Gasteiger partial charge in [-0.3, -0.25) is 4.79 Å². The first-order valence-electron chi connectivity index (χ1n) is 4.92. The molecule has 0 saturated heterocycles. The Morgan fingerprint density at radius 3 is 3.07 bits per heavy atom. The molecule has 1 fully saturated rings. The molecule has 0 aliphatic heterocycles. The van der Waals surface area contributed by atoms with Gasteiger partial charge in [0.25, 0.3) is 0 Å². The van der Waals surface area contributed by atoms with Gasteiger partial charge in [-0.15, -0.1) is 0 Å². The van der Waals surface area contributed by atoms with Crippen LogP contribution in [-0.4, -0.2) is 11.1 Å². The maximum atomic E-state index is 11.3. The molecule has 1 aromatic heterocycles. The summed E-state index contributed by atoms with van der Waals surface area (Å²) >= 11 is 0. The second kappa shape index (κ2) is 3.82. The van der Waals surface area contributed by atoms with E-state index in [0.717, 1.165) is 11.3 Å². The number of hydrogen-bond acceptors (Lipinski definition) is 3. The Morgan fingerprint density at radius 2 is 2.50 bits per heavy atom. The number of rotatable bonds is 4. The van der Waals surface area contributed by atoms with Crippen LogP contribution in [0, 0.1) is 12.8 Å². The molecule has 0 aromatic carbocycles. The van der Waals surface area contributed by atoms with Crippen molar-refractivity contribution >= 4 is 5.91 Å². The fraction of sp³-hybridized carbons (Fsp3) is 0.600. The number of amides is 1. The Kier molecular flexibility index (Phi) is 2.52. The first-order chi connectivity index (χ1) is 6.75. The zero-order chi connectivity index (χ0) is 9.97. The Balaban J connectivity index is 1.76. The number of nitrogens with zero attached hydrogens (tertiary/aromatic N) is 1. The molecule has 0 radical (unpaired) electrons. The Morgan fingerprint density at radius 1 is 1.71 bits per heavy atom. The van der Waals surface area contributed by atoms with Crippen molar-refractivity contribution in [2.24, 2.45) is 5.92 Å². The van der Waals surface area contributed by atoms with E-state index in [0.29, 0.717) is 18.9 Å². The lowest BCUT2D eigenvalue weighted by Gasteiger charge is -2.02. The smallest absolute Gasteiger partial charge is 0.220 e. The molecule has 0 bridgehead atoms. The summed E-state index contributed by atoms with van der Waals surface area (Å²) in [6.07, 6.45) is 4.73. The Hall–Kier alpha value is -1.32. The van der Waals surface area contributed by atoms with E-state index in [4.69, 9.17) is 4.52 Å². The number of aromatic nitrogens is 1. The predicted octanol–water partition coefficient (Wildman–Crippen LogP) is 1.40. The van der Waals surface area contributed by atoms with Crippen molar-refractivity contribution in [2.75, 3.05) is 0 Å². The molecule has 2 rings (SSSR count). The summed E-state index contributed by atoms with van der Waals surface area (Å²) in [5, 5.41) is 6.50. The largest absolute Gasteiger partial charge is 0.361 e. The van der Waals surface area contributed by atoms with E-state index < -0.39 is 0 Å². The van der Waals surface area contributed by atoms with Crippen LogP contribution in [0.5, 0.6) is 0 Å². The first kappa shape index (κ1) is 9.24. The highest BCUT2D eigenvalue weighted by molar-refractivity contribution is 5.76. The molecule has 4 heteroatoms. The molecule has 0 spiro atoms. The van der Waals surface area contributed by atoms with Crippen molar-refractivity contribution in [2.45, 2.75) is 32.7 Å². The summed E-state index contributed by atoms with van der Waals surface area (Å²) in [4.78, 5) is 11.3. The quantitative estimate of drug-likeness (QED) is 0.788. The summed E-state index contributed by atoms with van der Waals surface area (Å²) in [6.45, 7) is 2.37. The van der Waals surface area contributed by atoms with Gasteiger partial charge in [0.2, 0.25) is 5.91 Å². The number of aryl methyl sites for hydroxylation is 1. The molecule has 4 nitrogen and oxygen atoms in total. The monoisotopic (exact) mass is 194 g/mol. The van der Waals surface area contributed by atoms with Crippen LogP contribution in [-0.2, 0) is 11.3 Å². The summed E-state index contributed by atoms with van der Waals surface area (Å²) in [5.41, 5.74) is 0.953. The van der Waals surface area contributed by atoms with Gasteiger partial charge in [0.1, 0.15) is 5.76 Å². The van der Waals surface area contributed by atoms with E-state index in [9.17, 15) is 4.79 Å². The van der Waals surface area contributed by atoms with E-state index in [1.54, 1.807) is 6.20 Å².